The summed E-state index contributed by atoms with van der Waals surface area (Å²) >= 11 is 3.34. The van der Waals surface area contributed by atoms with E-state index in [-0.39, 0.29) is 12.5 Å². The summed E-state index contributed by atoms with van der Waals surface area (Å²) in [4.78, 5) is 11.8. The molecule has 3 nitrogen and oxygen atoms in total. The van der Waals surface area contributed by atoms with Gasteiger partial charge in [-0.05, 0) is 36.4 Å². The number of terminal acetylenes is 1. The van der Waals surface area contributed by atoms with Gasteiger partial charge >= 0.3 is 0 Å². The van der Waals surface area contributed by atoms with Crippen LogP contribution >= 0.6 is 15.9 Å². The van der Waals surface area contributed by atoms with Crippen molar-refractivity contribution in [3.8, 4) is 18.1 Å². The largest absolute Gasteiger partial charge is 0.484 e. The number of anilines is 1. The average Bonchev–Trinajstić information content (AvgIpc) is 2.45. The van der Waals surface area contributed by atoms with E-state index in [4.69, 9.17) is 11.2 Å². The van der Waals surface area contributed by atoms with Crippen LogP contribution in [0.4, 0.5) is 5.69 Å². The minimum absolute atomic E-state index is 0.0588. The lowest BCUT2D eigenvalue weighted by atomic mass is 10.2. The second-order valence-electron chi connectivity index (χ2n) is 4.02. The number of ether oxygens (including phenoxy) is 1. The van der Waals surface area contributed by atoms with Crippen LogP contribution in [0.2, 0.25) is 0 Å². The van der Waals surface area contributed by atoms with E-state index in [1.165, 1.54) is 0 Å². The number of halogens is 1. The molecule has 20 heavy (non-hydrogen) atoms. The molecule has 1 amide bonds. The Balaban J connectivity index is 1.91. The van der Waals surface area contributed by atoms with Gasteiger partial charge in [0.25, 0.3) is 5.91 Å². The maximum absolute atomic E-state index is 11.8. The predicted octanol–water partition coefficient (Wildman–Crippen LogP) is 3.45. The third kappa shape index (κ3) is 4.15. The standard InChI is InChI=1S/C16H12BrNO2/c1-2-12-5-3-7-14(9-12)18-16(19)11-20-15-8-4-6-13(17)10-15/h1,3-10H,11H2,(H,18,19). The van der Waals surface area contributed by atoms with Crippen LogP contribution in [-0.4, -0.2) is 12.5 Å². The van der Waals surface area contributed by atoms with E-state index in [0.717, 1.165) is 10.0 Å². The lowest BCUT2D eigenvalue weighted by molar-refractivity contribution is -0.118. The van der Waals surface area contributed by atoms with Crippen molar-refractivity contribution in [2.24, 2.45) is 0 Å². The molecule has 100 valence electrons. The Hall–Kier alpha value is -2.25. The van der Waals surface area contributed by atoms with Gasteiger partial charge in [-0.25, -0.2) is 0 Å². The molecule has 2 aromatic carbocycles. The SMILES string of the molecule is C#Cc1cccc(NC(=O)COc2cccc(Br)c2)c1. The minimum atomic E-state index is -0.237. The number of hydrogen-bond acceptors (Lipinski definition) is 2. The Labute approximate surface area is 126 Å². The van der Waals surface area contributed by atoms with Crippen LogP contribution in [0, 0.1) is 12.3 Å². The van der Waals surface area contributed by atoms with E-state index in [9.17, 15) is 4.79 Å². The monoisotopic (exact) mass is 329 g/mol. The van der Waals surface area contributed by atoms with Gasteiger partial charge < -0.3 is 10.1 Å². The molecule has 4 heteroatoms. The van der Waals surface area contributed by atoms with Crippen LogP contribution in [0.1, 0.15) is 5.56 Å². The topological polar surface area (TPSA) is 38.3 Å². The molecule has 0 saturated carbocycles. The van der Waals surface area contributed by atoms with Crippen LogP contribution in [0.15, 0.2) is 53.0 Å². The quantitative estimate of drug-likeness (QED) is 0.872. The van der Waals surface area contributed by atoms with Crippen molar-refractivity contribution in [1.82, 2.24) is 0 Å². The van der Waals surface area contributed by atoms with Crippen LogP contribution in [0.5, 0.6) is 5.75 Å². The smallest absolute Gasteiger partial charge is 0.262 e. The number of rotatable bonds is 4. The van der Waals surface area contributed by atoms with Gasteiger partial charge in [0, 0.05) is 15.7 Å². The molecule has 2 aromatic rings. The maximum atomic E-state index is 11.8. The Morgan fingerprint density at radius 2 is 2.05 bits per heavy atom. The summed E-state index contributed by atoms with van der Waals surface area (Å²) in [5.74, 6) is 2.91. The van der Waals surface area contributed by atoms with Gasteiger partial charge in [-0.15, -0.1) is 6.42 Å². The first-order valence-electron chi connectivity index (χ1n) is 5.92. The Morgan fingerprint density at radius 3 is 2.80 bits per heavy atom. The van der Waals surface area contributed by atoms with Gasteiger partial charge in [0.15, 0.2) is 6.61 Å². The van der Waals surface area contributed by atoms with Crippen molar-refractivity contribution in [3.05, 3.63) is 58.6 Å². The zero-order chi connectivity index (χ0) is 14.4. The third-order valence-corrected chi connectivity index (χ3v) is 2.97. The van der Waals surface area contributed by atoms with Gasteiger partial charge in [0.1, 0.15) is 5.75 Å². The average molecular weight is 330 g/mol. The van der Waals surface area contributed by atoms with Gasteiger partial charge in [0.2, 0.25) is 0 Å². The number of carbonyl (C=O) groups is 1. The van der Waals surface area contributed by atoms with Crippen LogP contribution < -0.4 is 10.1 Å². The molecule has 0 unspecified atom stereocenters. The van der Waals surface area contributed by atoms with E-state index in [1.807, 2.05) is 12.1 Å². The summed E-state index contributed by atoms with van der Waals surface area (Å²) in [6.45, 7) is -0.0588. The number of carbonyl (C=O) groups excluding carboxylic acids is 1. The maximum Gasteiger partial charge on any atom is 0.262 e. The first-order valence-corrected chi connectivity index (χ1v) is 6.71. The number of amides is 1. The zero-order valence-corrected chi connectivity index (χ0v) is 12.2. The molecule has 0 bridgehead atoms. The van der Waals surface area contributed by atoms with Crippen LogP contribution in [0.25, 0.3) is 0 Å². The molecule has 0 radical (unpaired) electrons. The van der Waals surface area contributed by atoms with Crippen molar-refractivity contribution in [1.29, 1.82) is 0 Å². The molecule has 0 aliphatic rings. The van der Waals surface area contributed by atoms with E-state index in [1.54, 1.807) is 36.4 Å². The van der Waals surface area contributed by atoms with Gasteiger partial charge in [0.05, 0.1) is 0 Å². The summed E-state index contributed by atoms with van der Waals surface area (Å²) in [5.41, 5.74) is 1.37. The molecular formula is C16H12BrNO2. The highest BCUT2D eigenvalue weighted by atomic mass is 79.9. The Kier molecular flexibility index (Phi) is 4.80. The highest BCUT2D eigenvalue weighted by molar-refractivity contribution is 9.10. The second kappa shape index (κ2) is 6.78. The van der Waals surface area contributed by atoms with Crippen LogP contribution in [-0.2, 0) is 4.79 Å². The third-order valence-electron chi connectivity index (χ3n) is 2.48. The molecular weight excluding hydrogens is 318 g/mol. The Morgan fingerprint density at radius 1 is 1.25 bits per heavy atom. The second-order valence-corrected chi connectivity index (χ2v) is 4.94. The molecule has 0 saturated heterocycles. The predicted molar refractivity (Wildman–Crippen MR) is 82.6 cm³/mol. The molecule has 0 fully saturated rings. The molecule has 1 N–H and O–H groups in total. The van der Waals surface area contributed by atoms with Gasteiger partial charge in [-0.2, -0.15) is 0 Å². The lowest BCUT2D eigenvalue weighted by Gasteiger charge is -2.08. The summed E-state index contributed by atoms with van der Waals surface area (Å²) in [6, 6.07) is 14.4. The zero-order valence-electron chi connectivity index (χ0n) is 10.6. The molecule has 0 spiro atoms. The van der Waals surface area contributed by atoms with Gasteiger partial charge in [-0.3, -0.25) is 4.79 Å². The fourth-order valence-electron chi connectivity index (χ4n) is 1.59. The number of hydrogen-bond donors (Lipinski definition) is 1. The van der Waals surface area contributed by atoms with Crippen molar-refractivity contribution >= 4 is 27.5 Å². The Bertz CT molecular complexity index is 662. The lowest BCUT2D eigenvalue weighted by Crippen LogP contribution is -2.20. The molecule has 2 rings (SSSR count). The summed E-state index contributed by atoms with van der Waals surface area (Å²) in [5, 5.41) is 2.73. The van der Waals surface area contributed by atoms with Crippen molar-refractivity contribution in [2.75, 3.05) is 11.9 Å². The van der Waals surface area contributed by atoms with E-state index in [0.29, 0.717) is 11.4 Å². The highest BCUT2D eigenvalue weighted by Gasteiger charge is 2.04. The van der Waals surface area contributed by atoms with Crippen molar-refractivity contribution in [2.45, 2.75) is 0 Å². The van der Waals surface area contributed by atoms with Crippen molar-refractivity contribution in [3.63, 3.8) is 0 Å². The van der Waals surface area contributed by atoms with E-state index >= 15 is 0 Å². The van der Waals surface area contributed by atoms with Crippen molar-refractivity contribution < 1.29 is 9.53 Å². The fourth-order valence-corrected chi connectivity index (χ4v) is 1.97. The molecule has 0 aliphatic heterocycles. The van der Waals surface area contributed by atoms with E-state index < -0.39 is 0 Å². The normalized spacial score (nSPS) is 9.60. The summed E-state index contributed by atoms with van der Waals surface area (Å²) in [6.07, 6.45) is 5.31. The number of nitrogens with one attached hydrogen (secondary N) is 1. The fraction of sp³-hybridized carbons (Fsp3) is 0.0625. The molecule has 0 aromatic heterocycles. The minimum Gasteiger partial charge on any atom is -0.484 e. The summed E-state index contributed by atoms with van der Waals surface area (Å²) < 4.78 is 6.30. The number of benzene rings is 2. The van der Waals surface area contributed by atoms with E-state index in [2.05, 4.69) is 27.2 Å². The first-order chi connectivity index (χ1) is 9.67. The summed E-state index contributed by atoms with van der Waals surface area (Å²) in [7, 11) is 0. The first kappa shape index (κ1) is 14.2. The molecule has 0 aliphatic carbocycles. The van der Waals surface area contributed by atoms with Crippen LogP contribution in [0.3, 0.4) is 0 Å². The molecule has 0 heterocycles. The van der Waals surface area contributed by atoms with Gasteiger partial charge in [-0.1, -0.05) is 34.0 Å². The molecule has 0 atom stereocenters. The highest BCUT2D eigenvalue weighted by Crippen LogP contribution is 2.17.